The molecular formula is C16H24BrNO2. The highest BCUT2D eigenvalue weighted by Gasteiger charge is 2.18. The largest absolute Gasteiger partial charge is 0.467 e. The van der Waals surface area contributed by atoms with Crippen molar-refractivity contribution >= 4 is 27.6 Å². The van der Waals surface area contributed by atoms with Crippen LogP contribution in [-0.4, -0.2) is 19.1 Å². The highest BCUT2D eigenvalue weighted by atomic mass is 79.9. The molecule has 1 rings (SSSR count). The first-order valence-corrected chi connectivity index (χ1v) is 8.06. The second-order valence-corrected chi connectivity index (χ2v) is 5.85. The van der Waals surface area contributed by atoms with Gasteiger partial charge in [-0.1, -0.05) is 55.0 Å². The van der Waals surface area contributed by atoms with Crippen LogP contribution in [0.5, 0.6) is 0 Å². The average Bonchev–Trinajstić information content (AvgIpc) is 2.47. The maximum atomic E-state index is 11.8. The molecule has 112 valence electrons. The summed E-state index contributed by atoms with van der Waals surface area (Å²) in [5, 5.41) is 3.25. The number of hydrogen-bond donors (Lipinski definition) is 1. The van der Waals surface area contributed by atoms with Crippen LogP contribution < -0.4 is 5.32 Å². The predicted octanol–water partition coefficient (Wildman–Crippen LogP) is 4.76. The SMILES string of the molecule is CCCCCCCC(Nc1ccc(Br)cc1)C(=O)OC. The molecule has 1 aromatic rings. The molecule has 0 fully saturated rings. The van der Waals surface area contributed by atoms with E-state index in [1.54, 1.807) is 0 Å². The summed E-state index contributed by atoms with van der Waals surface area (Å²) in [7, 11) is 1.44. The Morgan fingerprint density at radius 3 is 2.45 bits per heavy atom. The number of halogens is 1. The number of carbonyl (C=O) groups excluding carboxylic acids is 1. The van der Waals surface area contributed by atoms with Gasteiger partial charge in [0.15, 0.2) is 0 Å². The Balaban J connectivity index is 2.47. The fourth-order valence-corrected chi connectivity index (χ4v) is 2.35. The van der Waals surface area contributed by atoms with Crippen LogP contribution in [0.3, 0.4) is 0 Å². The maximum absolute atomic E-state index is 11.8. The van der Waals surface area contributed by atoms with E-state index in [1.165, 1.54) is 32.8 Å². The third-order valence-electron chi connectivity index (χ3n) is 3.27. The molecule has 0 radical (unpaired) electrons. The quantitative estimate of drug-likeness (QED) is 0.519. The molecule has 1 N–H and O–H groups in total. The second kappa shape index (κ2) is 9.81. The van der Waals surface area contributed by atoms with Gasteiger partial charge in [-0.15, -0.1) is 0 Å². The van der Waals surface area contributed by atoms with Crippen LogP contribution in [-0.2, 0) is 9.53 Å². The number of carbonyl (C=O) groups is 1. The minimum absolute atomic E-state index is 0.191. The molecule has 0 aliphatic heterocycles. The minimum Gasteiger partial charge on any atom is -0.467 e. The zero-order valence-electron chi connectivity index (χ0n) is 12.3. The summed E-state index contributed by atoms with van der Waals surface area (Å²) in [5.74, 6) is -0.191. The van der Waals surface area contributed by atoms with Crippen LogP contribution in [0.2, 0.25) is 0 Å². The van der Waals surface area contributed by atoms with Crippen LogP contribution >= 0.6 is 15.9 Å². The van der Waals surface area contributed by atoms with Crippen LogP contribution in [0.4, 0.5) is 5.69 Å². The summed E-state index contributed by atoms with van der Waals surface area (Å²) < 4.78 is 5.90. The van der Waals surface area contributed by atoms with Crippen molar-refractivity contribution in [2.75, 3.05) is 12.4 Å². The summed E-state index contributed by atoms with van der Waals surface area (Å²) in [6.07, 6.45) is 6.77. The topological polar surface area (TPSA) is 38.3 Å². The third-order valence-corrected chi connectivity index (χ3v) is 3.80. The lowest BCUT2D eigenvalue weighted by Gasteiger charge is -2.17. The molecule has 0 aromatic heterocycles. The molecule has 0 heterocycles. The van der Waals surface area contributed by atoms with E-state index in [0.717, 1.165) is 23.0 Å². The number of unbranched alkanes of at least 4 members (excludes halogenated alkanes) is 4. The fourth-order valence-electron chi connectivity index (χ4n) is 2.09. The zero-order valence-corrected chi connectivity index (χ0v) is 13.9. The molecule has 4 heteroatoms. The Labute approximate surface area is 130 Å². The van der Waals surface area contributed by atoms with Crippen molar-refractivity contribution in [3.8, 4) is 0 Å². The van der Waals surface area contributed by atoms with Crippen LogP contribution in [0, 0.1) is 0 Å². The fraction of sp³-hybridized carbons (Fsp3) is 0.562. The molecule has 1 aromatic carbocycles. The van der Waals surface area contributed by atoms with Gasteiger partial charge in [-0.2, -0.15) is 0 Å². The molecule has 3 nitrogen and oxygen atoms in total. The summed E-state index contributed by atoms with van der Waals surface area (Å²) in [6.45, 7) is 2.20. The number of anilines is 1. The van der Waals surface area contributed by atoms with Gasteiger partial charge < -0.3 is 10.1 Å². The average molecular weight is 342 g/mol. The third kappa shape index (κ3) is 6.42. The van der Waals surface area contributed by atoms with Gasteiger partial charge in [0, 0.05) is 10.2 Å². The van der Waals surface area contributed by atoms with Crippen molar-refractivity contribution in [3.05, 3.63) is 28.7 Å². The molecule has 0 saturated carbocycles. The number of hydrogen-bond acceptors (Lipinski definition) is 3. The zero-order chi connectivity index (χ0) is 14.8. The first-order valence-electron chi connectivity index (χ1n) is 7.27. The Kier molecular flexibility index (Phi) is 8.35. The number of rotatable bonds is 9. The van der Waals surface area contributed by atoms with Crippen molar-refractivity contribution in [2.45, 2.75) is 51.5 Å². The summed E-state index contributed by atoms with van der Waals surface area (Å²) in [5.41, 5.74) is 0.942. The van der Waals surface area contributed by atoms with Gasteiger partial charge >= 0.3 is 5.97 Å². The van der Waals surface area contributed by atoms with Gasteiger partial charge in [-0.25, -0.2) is 4.79 Å². The number of methoxy groups -OCH3 is 1. The van der Waals surface area contributed by atoms with Gasteiger partial charge in [0.1, 0.15) is 6.04 Å². The summed E-state index contributed by atoms with van der Waals surface area (Å²) in [6, 6.07) is 7.56. The van der Waals surface area contributed by atoms with Gasteiger partial charge in [0.2, 0.25) is 0 Å². The first-order chi connectivity index (χ1) is 9.67. The van der Waals surface area contributed by atoms with Gasteiger partial charge in [0.05, 0.1) is 7.11 Å². The first kappa shape index (κ1) is 17.0. The molecule has 0 aliphatic carbocycles. The Morgan fingerprint density at radius 2 is 1.85 bits per heavy atom. The van der Waals surface area contributed by atoms with E-state index >= 15 is 0 Å². The number of esters is 1. The highest BCUT2D eigenvalue weighted by Crippen LogP contribution is 2.17. The number of benzene rings is 1. The van der Waals surface area contributed by atoms with E-state index in [2.05, 4.69) is 28.2 Å². The van der Waals surface area contributed by atoms with E-state index in [1.807, 2.05) is 24.3 Å². The second-order valence-electron chi connectivity index (χ2n) is 4.93. The summed E-state index contributed by atoms with van der Waals surface area (Å²) in [4.78, 5) is 11.8. The molecule has 1 atom stereocenters. The molecule has 0 saturated heterocycles. The summed E-state index contributed by atoms with van der Waals surface area (Å²) >= 11 is 3.40. The van der Waals surface area contributed by atoms with Gasteiger partial charge in [-0.3, -0.25) is 0 Å². The lowest BCUT2D eigenvalue weighted by molar-refractivity contribution is -0.141. The van der Waals surface area contributed by atoms with Crippen LogP contribution in [0.25, 0.3) is 0 Å². The van der Waals surface area contributed by atoms with Crippen LogP contribution in [0.15, 0.2) is 28.7 Å². The van der Waals surface area contributed by atoms with Crippen molar-refractivity contribution in [2.24, 2.45) is 0 Å². The lowest BCUT2D eigenvalue weighted by Crippen LogP contribution is -2.30. The Hall–Kier alpha value is -1.03. The predicted molar refractivity (Wildman–Crippen MR) is 86.9 cm³/mol. The normalized spacial score (nSPS) is 11.9. The molecule has 0 spiro atoms. The van der Waals surface area contributed by atoms with Crippen molar-refractivity contribution in [1.29, 1.82) is 0 Å². The van der Waals surface area contributed by atoms with Gasteiger partial charge in [0.25, 0.3) is 0 Å². The van der Waals surface area contributed by atoms with Crippen molar-refractivity contribution in [1.82, 2.24) is 0 Å². The molecular weight excluding hydrogens is 318 g/mol. The molecule has 0 aliphatic rings. The molecule has 20 heavy (non-hydrogen) atoms. The van der Waals surface area contributed by atoms with E-state index in [4.69, 9.17) is 4.74 Å². The monoisotopic (exact) mass is 341 g/mol. The smallest absolute Gasteiger partial charge is 0.328 e. The van der Waals surface area contributed by atoms with Crippen molar-refractivity contribution in [3.63, 3.8) is 0 Å². The van der Waals surface area contributed by atoms with Crippen molar-refractivity contribution < 1.29 is 9.53 Å². The number of ether oxygens (including phenoxy) is 1. The van der Waals surface area contributed by atoms with E-state index < -0.39 is 0 Å². The standard InChI is InChI=1S/C16H24BrNO2/c1-3-4-5-6-7-8-15(16(19)20-2)18-14-11-9-13(17)10-12-14/h9-12,15,18H,3-8H2,1-2H3. The minimum atomic E-state index is -0.261. The number of nitrogens with one attached hydrogen (secondary N) is 1. The lowest BCUT2D eigenvalue weighted by atomic mass is 10.1. The Morgan fingerprint density at radius 1 is 1.20 bits per heavy atom. The van der Waals surface area contributed by atoms with E-state index in [9.17, 15) is 4.79 Å². The van der Waals surface area contributed by atoms with Crippen LogP contribution in [0.1, 0.15) is 45.4 Å². The molecule has 0 bridgehead atoms. The maximum Gasteiger partial charge on any atom is 0.328 e. The molecule has 1 unspecified atom stereocenters. The van der Waals surface area contributed by atoms with E-state index in [-0.39, 0.29) is 12.0 Å². The molecule has 0 amide bonds. The van der Waals surface area contributed by atoms with Gasteiger partial charge in [-0.05, 0) is 30.7 Å². The highest BCUT2D eigenvalue weighted by molar-refractivity contribution is 9.10. The van der Waals surface area contributed by atoms with E-state index in [0.29, 0.717) is 0 Å². The Bertz CT molecular complexity index is 392.